The molecule has 3 N–H and O–H groups in total. The number of nitrogens with zero attached hydrogens (tertiary/aromatic N) is 1. The standard InChI is InChI=1S/C28H58NO7.ClH/c1-6-8-9-10-11-12-13-14-15-16-17-29(3,4)20-23(30)21-34-18-19-35-22-25-24(7-2)26(31)27(32)28(33-5)36-25;/h23-28,30-32H,6-22H2,1-5H3;1H/q+1;/p-1/t23?,24-,25?,26+,27-,28+;/m0./s1. The van der Waals surface area contributed by atoms with Gasteiger partial charge in [0, 0.05) is 13.0 Å². The molecule has 1 rings (SSSR count). The number of likely N-dealkylation sites (N-methyl/N-ethyl adjacent to an activating group) is 1. The zero-order valence-electron chi connectivity index (χ0n) is 24.3. The molecular formula is C28H58ClNO7. The van der Waals surface area contributed by atoms with Crippen LogP contribution in [0.15, 0.2) is 0 Å². The third-order valence-corrected chi connectivity index (χ3v) is 7.34. The fourth-order valence-electron chi connectivity index (χ4n) is 5.13. The third-order valence-electron chi connectivity index (χ3n) is 7.34. The second-order valence-electron chi connectivity index (χ2n) is 11.2. The summed E-state index contributed by atoms with van der Waals surface area (Å²) in [7, 11) is 5.79. The monoisotopic (exact) mass is 555 g/mol. The van der Waals surface area contributed by atoms with Gasteiger partial charge in [-0.15, -0.1) is 0 Å². The van der Waals surface area contributed by atoms with Crippen molar-refractivity contribution in [2.24, 2.45) is 5.92 Å². The van der Waals surface area contributed by atoms with Crippen LogP contribution >= 0.6 is 0 Å². The lowest BCUT2D eigenvalue weighted by Gasteiger charge is -2.41. The maximum atomic E-state index is 10.4. The van der Waals surface area contributed by atoms with Crippen LogP contribution in [0.4, 0.5) is 0 Å². The summed E-state index contributed by atoms with van der Waals surface area (Å²) in [6, 6.07) is 0. The number of rotatable bonds is 22. The molecule has 1 aliphatic heterocycles. The fourth-order valence-corrected chi connectivity index (χ4v) is 5.13. The number of unbranched alkanes of at least 4 members (excludes halogenated alkanes) is 9. The number of methoxy groups -OCH3 is 1. The number of halogens is 1. The first-order valence-corrected chi connectivity index (χ1v) is 14.5. The van der Waals surface area contributed by atoms with E-state index in [0.29, 0.717) is 26.2 Å². The molecule has 1 aliphatic rings. The number of ether oxygens (including phenoxy) is 4. The van der Waals surface area contributed by atoms with Gasteiger partial charge in [0.25, 0.3) is 0 Å². The lowest BCUT2D eigenvalue weighted by Crippen LogP contribution is -3.00. The SMILES string of the molecule is CCCCCCCCCCCC[N+](C)(C)CC(O)COCCOCC1O[C@@H](OC)[C@@H](O)[C@H](O)[C@H]1CC.[Cl-]. The maximum absolute atomic E-state index is 10.4. The summed E-state index contributed by atoms with van der Waals surface area (Å²) in [6.07, 6.45) is 10.3. The minimum atomic E-state index is -1.06. The van der Waals surface area contributed by atoms with E-state index in [-0.39, 0.29) is 37.6 Å². The predicted molar refractivity (Wildman–Crippen MR) is 143 cm³/mol. The zero-order chi connectivity index (χ0) is 26.8. The molecule has 0 spiro atoms. The number of quaternary nitrogens is 1. The largest absolute Gasteiger partial charge is 1.00 e. The van der Waals surface area contributed by atoms with Crippen molar-refractivity contribution >= 4 is 0 Å². The average molecular weight is 556 g/mol. The predicted octanol–water partition coefficient (Wildman–Crippen LogP) is 0.501. The summed E-state index contributed by atoms with van der Waals surface area (Å²) in [4.78, 5) is 0. The van der Waals surface area contributed by atoms with E-state index in [1.165, 1.54) is 71.3 Å². The van der Waals surface area contributed by atoms with Gasteiger partial charge in [0.05, 0.1) is 59.3 Å². The Morgan fingerprint density at radius 2 is 1.41 bits per heavy atom. The molecule has 37 heavy (non-hydrogen) atoms. The van der Waals surface area contributed by atoms with Crippen LogP contribution in [0.3, 0.4) is 0 Å². The molecule has 9 heteroatoms. The van der Waals surface area contributed by atoms with Crippen molar-refractivity contribution in [3.8, 4) is 0 Å². The molecule has 224 valence electrons. The van der Waals surface area contributed by atoms with Crippen LogP contribution in [0.2, 0.25) is 0 Å². The summed E-state index contributed by atoms with van der Waals surface area (Å²) >= 11 is 0. The molecule has 1 saturated heterocycles. The minimum Gasteiger partial charge on any atom is -1.00 e. The van der Waals surface area contributed by atoms with Gasteiger partial charge in [-0.3, -0.25) is 0 Å². The van der Waals surface area contributed by atoms with E-state index < -0.39 is 24.6 Å². The van der Waals surface area contributed by atoms with E-state index in [0.717, 1.165) is 11.0 Å². The molecule has 1 fully saturated rings. The summed E-state index contributed by atoms with van der Waals surface area (Å²) in [5.74, 6) is -0.218. The van der Waals surface area contributed by atoms with Gasteiger partial charge in [-0.1, -0.05) is 65.2 Å². The number of aliphatic hydroxyl groups excluding tert-OH is 3. The highest BCUT2D eigenvalue weighted by atomic mass is 35.5. The van der Waals surface area contributed by atoms with Gasteiger partial charge in [0.1, 0.15) is 18.8 Å². The van der Waals surface area contributed by atoms with Crippen molar-refractivity contribution in [3.05, 3.63) is 0 Å². The van der Waals surface area contributed by atoms with E-state index in [4.69, 9.17) is 18.9 Å². The Balaban J connectivity index is 0.0000130. The maximum Gasteiger partial charge on any atom is 0.186 e. The Morgan fingerprint density at radius 3 is 1.97 bits per heavy atom. The smallest absolute Gasteiger partial charge is 0.186 e. The van der Waals surface area contributed by atoms with Crippen molar-refractivity contribution in [2.75, 3.05) is 60.7 Å². The van der Waals surface area contributed by atoms with Gasteiger partial charge in [0.2, 0.25) is 0 Å². The third kappa shape index (κ3) is 16.0. The lowest BCUT2D eigenvalue weighted by molar-refractivity contribution is -0.893. The van der Waals surface area contributed by atoms with Crippen LogP contribution in [0.1, 0.15) is 84.5 Å². The van der Waals surface area contributed by atoms with Gasteiger partial charge in [-0.05, 0) is 19.3 Å². The lowest BCUT2D eigenvalue weighted by atomic mass is 9.87. The summed E-state index contributed by atoms with van der Waals surface area (Å²) in [5, 5.41) is 30.8. The van der Waals surface area contributed by atoms with Gasteiger partial charge >= 0.3 is 0 Å². The van der Waals surface area contributed by atoms with Crippen LogP contribution in [-0.4, -0.2) is 111 Å². The molecule has 0 amide bonds. The average Bonchev–Trinajstić information content (AvgIpc) is 2.84. The second kappa shape index (κ2) is 21.8. The van der Waals surface area contributed by atoms with Crippen LogP contribution in [0.25, 0.3) is 0 Å². The van der Waals surface area contributed by atoms with Crippen molar-refractivity contribution in [1.29, 1.82) is 0 Å². The molecule has 6 atom stereocenters. The Morgan fingerprint density at radius 1 is 0.838 bits per heavy atom. The normalized spacial score (nSPS) is 25.1. The van der Waals surface area contributed by atoms with Crippen LogP contribution in [0, 0.1) is 5.92 Å². The van der Waals surface area contributed by atoms with E-state index in [1.807, 2.05) is 6.92 Å². The molecular weight excluding hydrogens is 498 g/mol. The molecule has 2 unspecified atom stereocenters. The first-order chi connectivity index (χ1) is 17.3. The molecule has 8 nitrogen and oxygen atoms in total. The number of aliphatic hydroxyl groups is 3. The van der Waals surface area contributed by atoms with Crippen LogP contribution in [-0.2, 0) is 18.9 Å². The molecule has 0 bridgehead atoms. The molecule has 0 saturated carbocycles. The Labute approximate surface area is 233 Å². The van der Waals surface area contributed by atoms with Crippen molar-refractivity contribution in [3.63, 3.8) is 0 Å². The Hall–Kier alpha value is -0.0300. The van der Waals surface area contributed by atoms with E-state index in [2.05, 4.69) is 21.0 Å². The first-order valence-electron chi connectivity index (χ1n) is 14.5. The fraction of sp³-hybridized carbons (Fsp3) is 1.00. The van der Waals surface area contributed by atoms with E-state index >= 15 is 0 Å². The van der Waals surface area contributed by atoms with Crippen LogP contribution in [0.5, 0.6) is 0 Å². The first kappa shape index (κ1) is 37.0. The minimum absolute atomic E-state index is 0. The van der Waals surface area contributed by atoms with Crippen LogP contribution < -0.4 is 12.4 Å². The highest BCUT2D eigenvalue weighted by Crippen LogP contribution is 2.29. The summed E-state index contributed by atoms with van der Waals surface area (Å²) in [5.41, 5.74) is 0. The second-order valence-corrected chi connectivity index (χ2v) is 11.2. The number of hydrogen-bond donors (Lipinski definition) is 3. The Bertz CT molecular complexity index is 529. The molecule has 0 aromatic rings. The van der Waals surface area contributed by atoms with Gasteiger partial charge in [0.15, 0.2) is 6.29 Å². The quantitative estimate of drug-likeness (QED) is 0.132. The van der Waals surface area contributed by atoms with Gasteiger partial charge in [-0.2, -0.15) is 0 Å². The van der Waals surface area contributed by atoms with E-state index in [1.54, 1.807) is 0 Å². The van der Waals surface area contributed by atoms with Crippen molar-refractivity contribution in [1.82, 2.24) is 0 Å². The summed E-state index contributed by atoms with van der Waals surface area (Å²) in [6.45, 7) is 7.28. The molecule has 0 aromatic heterocycles. The van der Waals surface area contributed by atoms with Crippen molar-refractivity contribution < 1.29 is 51.2 Å². The zero-order valence-corrected chi connectivity index (χ0v) is 25.0. The van der Waals surface area contributed by atoms with Gasteiger partial charge < -0.3 is 51.2 Å². The van der Waals surface area contributed by atoms with Gasteiger partial charge in [-0.25, -0.2) is 0 Å². The number of hydrogen-bond acceptors (Lipinski definition) is 7. The molecule has 1 heterocycles. The van der Waals surface area contributed by atoms with Crippen molar-refractivity contribution in [2.45, 2.75) is 115 Å². The topological polar surface area (TPSA) is 97.6 Å². The van der Waals surface area contributed by atoms with E-state index in [9.17, 15) is 15.3 Å². The highest BCUT2D eigenvalue weighted by molar-refractivity contribution is 4.88. The highest BCUT2D eigenvalue weighted by Gasteiger charge is 2.43. The molecule has 0 aromatic carbocycles. The molecule has 0 aliphatic carbocycles. The molecule has 0 radical (unpaired) electrons. The Kier molecular flexibility index (Phi) is 21.7. The summed E-state index contributed by atoms with van der Waals surface area (Å²) < 4.78 is 23.0.